The molecule has 0 aliphatic heterocycles. The molecule has 2 N–H and O–H groups in total. The fourth-order valence-electron chi connectivity index (χ4n) is 3.40. The fourth-order valence-corrected chi connectivity index (χ4v) is 3.91. The number of halogens is 1. The van der Waals surface area contributed by atoms with E-state index >= 15 is 0 Å². The van der Waals surface area contributed by atoms with E-state index < -0.39 is 5.91 Å². The normalized spacial score (nSPS) is 10.9. The van der Waals surface area contributed by atoms with E-state index in [2.05, 4.69) is 26.6 Å². The van der Waals surface area contributed by atoms with Crippen molar-refractivity contribution in [1.82, 2.24) is 0 Å². The number of carbonyl (C=O) groups excluding carboxylic acids is 2. The summed E-state index contributed by atoms with van der Waals surface area (Å²) in [5, 5.41) is 15.2. The van der Waals surface area contributed by atoms with Crippen LogP contribution in [0.5, 0.6) is 5.75 Å². The van der Waals surface area contributed by atoms with E-state index in [1.165, 1.54) is 6.08 Å². The zero-order valence-electron chi connectivity index (χ0n) is 20.0. The summed E-state index contributed by atoms with van der Waals surface area (Å²) in [6, 6.07) is 18.5. The summed E-state index contributed by atoms with van der Waals surface area (Å²) >= 11 is 3.43. The predicted molar refractivity (Wildman–Crippen MR) is 142 cm³/mol. The quantitative estimate of drug-likeness (QED) is 0.278. The first-order valence-electron chi connectivity index (χ1n) is 11.0. The molecule has 2 amide bonds. The summed E-state index contributed by atoms with van der Waals surface area (Å²) in [6.45, 7) is 7.64. The lowest BCUT2D eigenvalue weighted by atomic mass is 10.1. The van der Waals surface area contributed by atoms with E-state index in [4.69, 9.17) is 4.74 Å². The number of hydrogen-bond donors (Lipinski definition) is 2. The number of rotatable bonds is 7. The van der Waals surface area contributed by atoms with E-state index in [1.807, 2.05) is 64.1 Å². The number of ether oxygens (including phenoxy) is 1. The molecular formula is C28H26BrN3O3. The molecule has 7 heteroatoms. The molecule has 0 spiro atoms. The van der Waals surface area contributed by atoms with Crippen LogP contribution in [-0.2, 0) is 9.59 Å². The number of amides is 2. The summed E-state index contributed by atoms with van der Waals surface area (Å²) in [6.07, 6.45) is 1.50. The summed E-state index contributed by atoms with van der Waals surface area (Å²) < 4.78 is 6.24. The molecule has 0 radical (unpaired) electrons. The molecule has 0 unspecified atom stereocenters. The van der Waals surface area contributed by atoms with Gasteiger partial charge in [0.05, 0.1) is 4.47 Å². The average Bonchev–Trinajstić information content (AvgIpc) is 2.81. The van der Waals surface area contributed by atoms with Crippen LogP contribution in [0.15, 0.2) is 64.6 Å². The van der Waals surface area contributed by atoms with Gasteiger partial charge in [-0.25, -0.2) is 0 Å². The van der Waals surface area contributed by atoms with Crippen LogP contribution in [0.4, 0.5) is 11.4 Å². The van der Waals surface area contributed by atoms with Gasteiger partial charge in [-0.3, -0.25) is 9.59 Å². The summed E-state index contributed by atoms with van der Waals surface area (Å²) in [5.41, 5.74) is 6.11. The van der Waals surface area contributed by atoms with E-state index in [1.54, 1.807) is 24.3 Å². The van der Waals surface area contributed by atoms with Crippen LogP contribution in [0.25, 0.3) is 6.08 Å². The second kappa shape index (κ2) is 11.5. The van der Waals surface area contributed by atoms with Crippen LogP contribution in [0.2, 0.25) is 0 Å². The molecular weight excluding hydrogens is 506 g/mol. The highest BCUT2D eigenvalue weighted by atomic mass is 79.9. The number of carbonyl (C=O) groups is 2. The first kappa shape index (κ1) is 25.7. The van der Waals surface area contributed by atoms with Crippen molar-refractivity contribution in [2.24, 2.45) is 0 Å². The second-order valence-electron chi connectivity index (χ2n) is 8.22. The number of hydrogen-bond acceptors (Lipinski definition) is 4. The fraction of sp³-hybridized carbons (Fsp3) is 0.179. The number of nitrogens with one attached hydrogen (secondary N) is 2. The van der Waals surface area contributed by atoms with Crippen molar-refractivity contribution in [1.29, 1.82) is 5.26 Å². The van der Waals surface area contributed by atoms with Crippen molar-refractivity contribution < 1.29 is 14.3 Å². The lowest BCUT2D eigenvalue weighted by Gasteiger charge is -2.12. The largest absolute Gasteiger partial charge is 0.483 e. The van der Waals surface area contributed by atoms with Gasteiger partial charge in [-0.05, 0) is 96.2 Å². The van der Waals surface area contributed by atoms with Crippen LogP contribution < -0.4 is 15.4 Å². The van der Waals surface area contributed by atoms with Gasteiger partial charge >= 0.3 is 0 Å². The molecule has 0 fully saturated rings. The minimum absolute atomic E-state index is 0.0284. The number of nitriles is 1. The van der Waals surface area contributed by atoms with E-state index in [0.717, 1.165) is 27.9 Å². The van der Waals surface area contributed by atoms with E-state index in [9.17, 15) is 14.9 Å². The van der Waals surface area contributed by atoms with Gasteiger partial charge in [0.1, 0.15) is 17.4 Å². The first-order valence-corrected chi connectivity index (χ1v) is 11.8. The monoisotopic (exact) mass is 531 g/mol. The third-order valence-corrected chi connectivity index (χ3v) is 6.12. The van der Waals surface area contributed by atoms with Crippen LogP contribution in [0, 0.1) is 39.0 Å². The third-order valence-electron chi connectivity index (χ3n) is 5.50. The number of nitrogens with zero attached hydrogens (tertiary/aromatic N) is 1. The number of anilines is 2. The minimum Gasteiger partial charge on any atom is -0.483 e. The topological polar surface area (TPSA) is 91.2 Å². The molecule has 0 saturated heterocycles. The Labute approximate surface area is 213 Å². The predicted octanol–water partition coefficient (Wildman–Crippen LogP) is 6.25. The Morgan fingerprint density at radius 3 is 2.43 bits per heavy atom. The molecule has 0 atom stereocenters. The molecule has 0 aliphatic carbocycles. The first-order chi connectivity index (χ1) is 16.7. The maximum absolute atomic E-state index is 12.7. The molecule has 3 rings (SSSR count). The molecule has 6 nitrogen and oxygen atoms in total. The highest BCUT2D eigenvalue weighted by molar-refractivity contribution is 9.10. The summed E-state index contributed by atoms with van der Waals surface area (Å²) in [4.78, 5) is 25.0. The maximum atomic E-state index is 12.7. The van der Waals surface area contributed by atoms with Crippen molar-refractivity contribution in [3.63, 3.8) is 0 Å². The van der Waals surface area contributed by atoms with E-state index in [0.29, 0.717) is 21.5 Å². The lowest BCUT2D eigenvalue weighted by Crippen LogP contribution is -2.20. The molecule has 0 aliphatic rings. The van der Waals surface area contributed by atoms with Crippen molar-refractivity contribution in [2.75, 3.05) is 17.2 Å². The van der Waals surface area contributed by atoms with Crippen molar-refractivity contribution >= 4 is 45.2 Å². The Morgan fingerprint density at radius 1 is 0.971 bits per heavy atom. The Balaban J connectivity index is 1.66. The van der Waals surface area contributed by atoms with Gasteiger partial charge in [-0.1, -0.05) is 35.9 Å². The van der Waals surface area contributed by atoms with Crippen LogP contribution in [0.3, 0.4) is 0 Å². The molecule has 35 heavy (non-hydrogen) atoms. The molecule has 0 heterocycles. The Morgan fingerprint density at radius 2 is 1.74 bits per heavy atom. The molecule has 178 valence electrons. The third kappa shape index (κ3) is 6.81. The number of benzene rings is 3. The lowest BCUT2D eigenvalue weighted by molar-refractivity contribution is -0.118. The Bertz CT molecular complexity index is 1360. The van der Waals surface area contributed by atoms with Crippen molar-refractivity contribution in [3.05, 3.63) is 92.5 Å². The second-order valence-corrected chi connectivity index (χ2v) is 9.07. The molecule has 0 saturated carbocycles. The van der Waals surface area contributed by atoms with Crippen LogP contribution >= 0.6 is 15.9 Å². The average molecular weight is 532 g/mol. The zero-order valence-corrected chi connectivity index (χ0v) is 21.6. The van der Waals surface area contributed by atoms with Crippen LogP contribution in [0.1, 0.15) is 27.8 Å². The smallest absolute Gasteiger partial charge is 0.266 e. The summed E-state index contributed by atoms with van der Waals surface area (Å²) in [7, 11) is 0. The van der Waals surface area contributed by atoms with Gasteiger partial charge in [0.15, 0.2) is 6.61 Å². The molecule has 0 aromatic heterocycles. The van der Waals surface area contributed by atoms with Gasteiger partial charge in [0.2, 0.25) is 0 Å². The highest BCUT2D eigenvalue weighted by Crippen LogP contribution is 2.27. The molecule has 3 aromatic rings. The van der Waals surface area contributed by atoms with Crippen LogP contribution in [-0.4, -0.2) is 18.4 Å². The van der Waals surface area contributed by atoms with Gasteiger partial charge in [0, 0.05) is 11.4 Å². The minimum atomic E-state index is -0.485. The Kier molecular flexibility index (Phi) is 8.45. The van der Waals surface area contributed by atoms with Gasteiger partial charge in [-0.15, -0.1) is 0 Å². The zero-order chi connectivity index (χ0) is 25.5. The molecule has 0 bridgehead atoms. The summed E-state index contributed by atoms with van der Waals surface area (Å²) in [5.74, 6) is -0.292. The highest BCUT2D eigenvalue weighted by Gasteiger charge is 2.13. The van der Waals surface area contributed by atoms with E-state index in [-0.39, 0.29) is 18.1 Å². The Hall–Kier alpha value is -3.89. The SMILES string of the molecule is Cc1ccc(NC(=O)COc2ccc(/C=C(/C#N)C(=O)Nc3cccc(C)c3C)cc2Br)c(C)c1. The standard InChI is InChI=1S/C28H26BrN3O3/c1-17-8-10-24(19(3)12-17)31-27(33)16-35-26-11-9-21(14-23(26)29)13-22(15-30)28(34)32-25-7-5-6-18(2)20(25)4/h5-14H,16H2,1-4H3,(H,31,33)(H,32,34)/b22-13-. The maximum Gasteiger partial charge on any atom is 0.266 e. The number of aryl methyl sites for hydroxylation is 3. The van der Waals surface area contributed by atoms with Gasteiger partial charge < -0.3 is 15.4 Å². The van der Waals surface area contributed by atoms with Gasteiger partial charge in [-0.2, -0.15) is 5.26 Å². The van der Waals surface area contributed by atoms with Crippen molar-refractivity contribution in [3.8, 4) is 11.8 Å². The molecule has 3 aromatic carbocycles. The van der Waals surface area contributed by atoms with Gasteiger partial charge in [0.25, 0.3) is 11.8 Å². The van der Waals surface area contributed by atoms with Crippen molar-refractivity contribution in [2.45, 2.75) is 27.7 Å².